The highest BCUT2D eigenvalue weighted by molar-refractivity contribution is 5.93. The maximum atomic E-state index is 12.0. The molecule has 0 bridgehead atoms. The van der Waals surface area contributed by atoms with E-state index in [1.165, 1.54) is 12.5 Å². The van der Waals surface area contributed by atoms with Crippen LogP contribution in [0, 0.1) is 0 Å². The molecule has 23 heavy (non-hydrogen) atoms. The molecule has 2 aromatic carbocycles. The van der Waals surface area contributed by atoms with Crippen molar-refractivity contribution in [2.24, 2.45) is 0 Å². The summed E-state index contributed by atoms with van der Waals surface area (Å²) in [4.78, 5) is 23.0. The zero-order valence-electron chi connectivity index (χ0n) is 13.3. The van der Waals surface area contributed by atoms with Crippen LogP contribution in [0.25, 0.3) is 0 Å². The summed E-state index contributed by atoms with van der Waals surface area (Å²) in [6.07, 6.45) is 3.33. The highest BCUT2D eigenvalue weighted by Crippen LogP contribution is 2.15. The Hall–Kier alpha value is -2.62. The van der Waals surface area contributed by atoms with Crippen molar-refractivity contribution in [2.75, 3.05) is 10.6 Å². The number of rotatable bonds is 7. The molecule has 0 aliphatic rings. The zero-order valence-corrected chi connectivity index (χ0v) is 13.3. The number of hydrogen-bond donors (Lipinski definition) is 2. The number of anilines is 2. The molecule has 0 fully saturated rings. The third-order valence-electron chi connectivity index (χ3n) is 3.43. The third-order valence-corrected chi connectivity index (χ3v) is 3.43. The number of hydrogen-bond acceptors (Lipinski definition) is 2. The molecule has 0 heterocycles. The van der Waals surface area contributed by atoms with Gasteiger partial charge in [-0.1, -0.05) is 36.4 Å². The Kier molecular flexibility index (Phi) is 6.36. The predicted octanol–water partition coefficient (Wildman–Crippen LogP) is 4.00. The van der Waals surface area contributed by atoms with Crippen molar-refractivity contribution in [3.63, 3.8) is 0 Å². The summed E-state index contributed by atoms with van der Waals surface area (Å²) in [5, 5.41) is 5.56. The van der Waals surface area contributed by atoms with Crippen LogP contribution >= 0.6 is 0 Å². The Morgan fingerprint density at radius 2 is 1.57 bits per heavy atom. The molecule has 0 unspecified atom stereocenters. The lowest BCUT2D eigenvalue weighted by molar-refractivity contribution is -0.116. The second-order valence-electron chi connectivity index (χ2n) is 5.50. The number of nitrogens with one attached hydrogen (secondary N) is 2. The molecule has 2 aromatic rings. The molecule has 0 spiro atoms. The van der Waals surface area contributed by atoms with E-state index < -0.39 is 0 Å². The second kappa shape index (κ2) is 8.73. The lowest BCUT2D eigenvalue weighted by Gasteiger charge is -2.08. The monoisotopic (exact) mass is 310 g/mol. The Bertz CT molecular complexity index is 653. The van der Waals surface area contributed by atoms with Crippen molar-refractivity contribution in [1.29, 1.82) is 0 Å². The van der Waals surface area contributed by atoms with Crippen LogP contribution in [0.2, 0.25) is 0 Å². The van der Waals surface area contributed by atoms with Crippen molar-refractivity contribution in [1.82, 2.24) is 0 Å². The second-order valence-corrected chi connectivity index (χ2v) is 5.50. The van der Waals surface area contributed by atoms with Crippen molar-refractivity contribution >= 4 is 23.2 Å². The molecular formula is C19H22N2O2. The molecule has 120 valence electrons. The Morgan fingerprint density at radius 1 is 0.870 bits per heavy atom. The minimum Gasteiger partial charge on any atom is -0.326 e. The van der Waals surface area contributed by atoms with Crippen molar-refractivity contribution in [2.45, 2.75) is 32.6 Å². The van der Waals surface area contributed by atoms with E-state index >= 15 is 0 Å². The molecular weight excluding hydrogens is 288 g/mol. The van der Waals surface area contributed by atoms with E-state index in [2.05, 4.69) is 22.8 Å². The average Bonchev–Trinajstić information content (AvgIpc) is 2.52. The SMILES string of the molecule is CC(=O)Nc1cccc(NC(=O)CCCCc2ccccc2)c1. The first-order chi connectivity index (χ1) is 11.1. The standard InChI is InChI=1S/C19H22N2O2/c1-15(22)20-17-11-7-12-18(14-17)21-19(23)13-6-5-10-16-8-3-2-4-9-16/h2-4,7-9,11-12,14H,5-6,10,13H2,1H3,(H,20,22)(H,21,23). The average molecular weight is 310 g/mol. The highest BCUT2D eigenvalue weighted by Gasteiger charge is 2.04. The smallest absolute Gasteiger partial charge is 0.224 e. The molecule has 0 aliphatic heterocycles. The number of carbonyl (C=O) groups excluding carboxylic acids is 2. The van der Waals surface area contributed by atoms with Gasteiger partial charge in [-0.3, -0.25) is 9.59 Å². The van der Waals surface area contributed by atoms with Gasteiger partial charge in [-0.15, -0.1) is 0 Å². The molecule has 0 aliphatic carbocycles. The van der Waals surface area contributed by atoms with Gasteiger partial charge in [0.2, 0.25) is 11.8 Å². The van der Waals surface area contributed by atoms with Crippen molar-refractivity contribution in [3.05, 3.63) is 60.2 Å². The van der Waals surface area contributed by atoms with Gasteiger partial charge in [0.05, 0.1) is 0 Å². The fourth-order valence-electron chi connectivity index (χ4n) is 2.36. The molecule has 2 amide bonds. The predicted molar refractivity (Wildman–Crippen MR) is 93.4 cm³/mol. The van der Waals surface area contributed by atoms with Gasteiger partial charge in [0.15, 0.2) is 0 Å². The Morgan fingerprint density at radius 3 is 2.26 bits per heavy atom. The Labute approximate surface area is 136 Å². The van der Waals surface area contributed by atoms with E-state index in [4.69, 9.17) is 0 Å². The lowest BCUT2D eigenvalue weighted by Crippen LogP contribution is -2.12. The zero-order chi connectivity index (χ0) is 16.5. The molecule has 0 aromatic heterocycles. The van der Waals surface area contributed by atoms with Gasteiger partial charge in [-0.2, -0.15) is 0 Å². The molecule has 0 atom stereocenters. The van der Waals surface area contributed by atoms with Gasteiger partial charge in [0.1, 0.15) is 0 Å². The first-order valence-corrected chi connectivity index (χ1v) is 7.85. The fraction of sp³-hybridized carbons (Fsp3) is 0.263. The largest absolute Gasteiger partial charge is 0.326 e. The summed E-state index contributed by atoms with van der Waals surface area (Å²) in [6.45, 7) is 1.46. The van der Waals surface area contributed by atoms with Gasteiger partial charge in [-0.25, -0.2) is 0 Å². The number of carbonyl (C=O) groups is 2. The van der Waals surface area contributed by atoms with Gasteiger partial charge in [0, 0.05) is 24.7 Å². The van der Waals surface area contributed by atoms with Crippen molar-refractivity contribution < 1.29 is 9.59 Å². The van der Waals surface area contributed by atoms with Crippen LogP contribution in [0.5, 0.6) is 0 Å². The summed E-state index contributed by atoms with van der Waals surface area (Å²) < 4.78 is 0. The van der Waals surface area contributed by atoms with E-state index in [1.54, 1.807) is 18.2 Å². The molecule has 2 rings (SSSR count). The number of amides is 2. The summed E-state index contributed by atoms with van der Waals surface area (Å²) in [5.41, 5.74) is 2.68. The minimum atomic E-state index is -0.130. The fourth-order valence-corrected chi connectivity index (χ4v) is 2.36. The summed E-state index contributed by atoms with van der Waals surface area (Å²) in [5.74, 6) is -0.132. The maximum Gasteiger partial charge on any atom is 0.224 e. The van der Waals surface area contributed by atoms with Crippen LogP contribution in [-0.2, 0) is 16.0 Å². The van der Waals surface area contributed by atoms with Gasteiger partial charge in [0.25, 0.3) is 0 Å². The van der Waals surface area contributed by atoms with Gasteiger partial charge >= 0.3 is 0 Å². The number of benzene rings is 2. The highest BCUT2D eigenvalue weighted by atomic mass is 16.2. The third kappa shape index (κ3) is 6.34. The molecule has 2 N–H and O–H groups in total. The molecule has 4 nitrogen and oxygen atoms in total. The van der Waals surface area contributed by atoms with Gasteiger partial charge < -0.3 is 10.6 Å². The number of unbranched alkanes of at least 4 members (excludes halogenated alkanes) is 1. The van der Waals surface area contributed by atoms with Crippen molar-refractivity contribution in [3.8, 4) is 0 Å². The first-order valence-electron chi connectivity index (χ1n) is 7.85. The topological polar surface area (TPSA) is 58.2 Å². The van der Waals surface area contributed by atoms with Crippen LogP contribution in [0.1, 0.15) is 31.7 Å². The Balaban J connectivity index is 1.73. The van der Waals surface area contributed by atoms with Crippen LogP contribution in [-0.4, -0.2) is 11.8 Å². The van der Waals surface area contributed by atoms with E-state index in [-0.39, 0.29) is 11.8 Å². The number of aryl methyl sites for hydroxylation is 1. The van der Waals surface area contributed by atoms with E-state index in [9.17, 15) is 9.59 Å². The lowest BCUT2D eigenvalue weighted by atomic mass is 10.1. The summed E-state index contributed by atoms with van der Waals surface area (Å²) in [7, 11) is 0. The summed E-state index contributed by atoms with van der Waals surface area (Å²) >= 11 is 0. The molecule has 4 heteroatoms. The van der Waals surface area contributed by atoms with E-state index in [0.717, 1.165) is 19.3 Å². The molecule has 0 saturated heterocycles. The van der Waals surface area contributed by atoms with E-state index in [1.807, 2.05) is 24.3 Å². The van der Waals surface area contributed by atoms with Crippen LogP contribution in [0.3, 0.4) is 0 Å². The minimum absolute atomic E-state index is 0.00182. The molecule has 0 saturated carbocycles. The van der Waals surface area contributed by atoms with Gasteiger partial charge in [-0.05, 0) is 43.0 Å². The molecule has 0 radical (unpaired) electrons. The van der Waals surface area contributed by atoms with Crippen LogP contribution < -0.4 is 10.6 Å². The van der Waals surface area contributed by atoms with Crippen LogP contribution in [0.15, 0.2) is 54.6 Å². The van der Waals surface area contributed by atoms with Crippen LogP contribution in [0.4, 0.5) is 11.4 Å². The first kappa shape index (κ1) is 16.7. The summed E-state index contributed by atoms with van der Waals surface area (Å²) in [6, 6.07) is 17.4. The van der Waals surface area contributed by atoms with E-state index in [0.29, 0.717) is 17.8 Å². The normalized spacial score (nSPS) is 10.1. The maximum absolute atomic E-state index is 12.0. The quantitative estimate of drug-likeness (QED) is 0.760.